The van der Waals surface area contributed by atoms with Gasteiger partial charge in [0.1, 0.15) is 6.54 Å². The standard InChI is InChI=1S/C31H39N3O5S/c1-22-8-5-6-10-27(22)32-31(36)34(19-25-9-7-17-39-25)21-30(35)33(20-26-13-11-23(2)40-26)16-15-24-12-14-28(37-3)29(18-24)38-4/h5-6,8,10-14,18,25H,7,9,15-17,19-21H2,1-4H3,(H,32,36). The number of rotatable bonds is 12. The second-order valence-electron chi connectivity index (χ2n) is 10.0. The normalized spacial score (nSPS) is 14.6. The monoisotopic (exact) mass is 565 g/mol. The van der Waals surface area contributed by atoms with Crippen molar-refractivity contribution in [3.05, 3.63) is 75.5 Å². The van der Waals surface area contributed by atoms with Crippen LogP contribution < -0.4 is 14.8 Å². The zero-order chi connectivity index (χ0) is 28.5. The van der Waals surface area contributed by atoms with Crippen molar-refractivity contribution in [1.82, 2.24) is 9.80 Å². The van der Waals surface area contributed by atoms with E-state index < -0.39 is 0 Å². The van der Waals surface area contributed by atoms with Crippen LogP contribution in [0.4, 0.5) is 10.5 Å². The number of urea groups is 1. The Balaban J connectivity index is 1.51. The van der Waals surface area contributed by atoms with Crippen LogP contribution in [0, 0.1) is 13.8 Å². The van der Waals surface area contributed by atoms with E-state index in [-0.39, 0.29) is 24.6 Å². The Bertz CT molecular complexity index is 1290. The maximum absolute atomic E-state index is 13.8. The van der Waals surface area contributed by atoms with Crippen LogP contribution in [0.3, 0.4) is 0 Å². The number of anilines is 1. The van der Waals surface area contributed by atoms with Gasteiger partial charge >= 0.3 is 6.03 Å². The number of ether oxygens (including phenoxy) is 3. The first-order valence-corrected chi connectivity index (χ1v) is 14.4. The molecule has 1 aliphatic heterocycles. The van der Waals surface area contributed by atoms with Crippen LogP contribution >= 0.6 is 11.3 Å². The van der Waals surface area contributed by atoms with Crippen molar-refractivity contribution in [2.75, 3.05) is 45.8 Å². The first-order valence-electron chi connectivity index (χ1n) is 13.6. The summed E-state index contributed by atoms with van der Waals surface area (Å²) < 4.78 is 16.7. The van der Waals surface area contributed by atoms with Crippen molar-refractivity contribution in [3.8, 4) is 11.5 Å². The van der Waals surface area contributed by atoms with E-state index in [2.05, 4.69) is 24.4 Å². The zero-order valence-electron chi connectivity index (χ0n) is 23.8. The third-order valence-corrected chi connectivity index (χ3v) is 8.05. The van der Waals surface area contributed by atoms with Gasteiger partial charge in [0.05, 0.1) is 26.9 Å². The number of hydrogen-bond acceptors (Lipinski definition) is 6. The maximum Gasteiger partial charge on any atom is 0.322 e. The predicted octanol–water partition coefficient (Wildman–Crippen LogP) is 5.67. The SMILES string of the molecule is COc1ccc(CCN(Cc2ccc(C)s2)C(=O)CN(CC2CCCO2)C(=O)Nc2ccccc2C)cc1OC. The lowest BCUT2D eigenvalue weighted by Gasteiger charge is -2.29. The van der Waals surface area contributed by atoms with Crippen LogP contribution in [0.25, 0.3) is 0 Å². The highest BCUT2D eigenvalue weighted by Gasteiger charge is 2.27. The smallest absolute Gasteiger partial charge is 0.322 e. The molecule has 1 atom stereocenters. The fraction of sp³-hybridized carbons (Fsp3) is 0.419. The fourth-order valence-corrected chi connectivity index (χ4v) is 5.68. The maximum atomic E-state index is 13.8. The first kappa shape index (κ1) is 29.4. The highest BCUT2D eigenvalue weighted by Crippen LogP contribution is 2.28. The molecule has 9 heteroatoms. The molecule has 1 aromatic heterocycles. The number of nitrogens with one attached hydrogen (secondary N) is 1. The van der Waals surface area contributed by atoms with Gasteiger partial charge in [0.2, 0.25) is 5.91 Å². The van der Waals surface area contributed by atoms with Crippen LogP contribution in [0.15, 0.2) is 54.6 Å². The Morgan fingerprint density at radius 2 is 1.82 bits per heavy atom. The van der Waals surface area contributed by atoms with Gasteiger partial charge in [-0.05, 0) is 74.6 Å². The Morgan fingerprint density at radius 1 is 1.02 bits per heavy atom. The minimum Gasteiger partial charge on any atom is -0.493 e. The lowest BCUT2D eigenvalue weighted by molar-refractivity contribution is -0.132. The Hall–Kier alpha value is -3.56. The van der Waals surface area contributed by atoms with Gasteiger partial charge in [-0.2, -0.15) is 0 Å². The molecule has 1 fully saturated rings. The van der Waals surface area contributed by atoms with Gasteiger partial charge in [-0.15, -0.1) is 11.3 Å². The Kier molecular flexibility index (Phi) is 10.4. The second-order valence-corrected chi connectivity index (χ2v) is 11.4. The molecule has 1 saturated heterocycles. The largest absolute Gasteiger partial charge is 0.493 e. The first-order chi connectivity index (χ1) is 19.4. The van der Waals surface area contributed by atoms with Crippen LogP contribution in [-0.2, 0) is 22.5 Å². The fourth-order valence-electron chi connectivity index (χ4n) is 4.77. The van der Waals surface area contributed by atoms with Crippen molar-refractivity contribution in [3.63, 3.8) is 0 Å². The molecule has 1 N–H and O–H groups in total. The van der Waals surface area contributed by atoms with Crippen LogP contribution in [0.5, 0.6) is 11.5 Å². The average molecular weight is 566 g/mol. The lowest BCUT2D eigenvalue weighted by Crippen LogP contribution is -2.47. The summed E-state index contributed by atoms with van der Waals surface area (Å²) in [5.41, 5.74) is 2.73. The highest BCUT2D eigenvalue weighted by atomic mass is 32.1. The molecule has 214 valence electrons. The van der Waals surface area contributed by atoms with Crippen LogP contribution in [0.2, 0.25) is 0 Å². The molecule has 0 saturated carbocycles. The summed E-state index contributed by atoms with van der Waals surface area (Å²) in [6.07, 6.45) is 2.40. The summed E-state index contributed by atoms with van der Waals surface area (Å²) >= 11 is 1.68. The van der Waals surface area contributed by atoms with Crippen molar-refractivity contribution >= 4 is 29.0 Å². The van der Waals surface area contributed by atoms with E-state index in [0.29, 0.717) is 44.2 Å². The number of benzene rings is 2. The predicted molar refractivity (Wildman–Crippen MR) is 158 cm³/mol. The van der Waals surface area contributed by atoms with E-state index in [9.17, 15) is 9.59 Å². The summed E-state index contributed by atoms with van der Waals surface area (Å²) in [4.78, 5) is 33.0. The molecular formula is C31H39N3O5S. The van der Waals surface area contributed by atoms with Gasteiger partial charge < -0.3 is 29.3 Å². The lowest BCUT2D eigenvalue weighted by atomic mass is 10.1. The van der Waals surface area contributed by atoms with E-state index in [1.165, 1.54) is 4.88 Å². The quantitative estimate of drug-likeness (QED) is 0.306. The number of methoxy groups -OCH3 is 2. The van der Waals surface area contributed by atoms with E-state index in [0.717, 1.165) is 34.5 Å². The van der Waals surface area contributed by atoms with Crippen molar-refractivity contribution in [2.24, 2.45) is 0 Å². The number of nitrogens with zero attached hydrogens (tertiary/aromatic N) is 2. The molecule has 0 bridgehead atoms. The Labute approximate surface area is 240 Å². The molecule has 3 amide bonds. The van der Waals surface area contributed by atoms with Crippen molar-refractivity contribution in [1.29, 1.82) is 0 Å². The number of thiophene rings is 1. The number of carbonyl (C=O) groups excluding carboxylic acids is 2. The van der Waals surface area contributed by atoms with E-state index in [1.54, 1.807) is 30.5 Å². The summed E-state index contributed by atoms with van der Waals surface area (Å²) in [5.74, 6) is 1.21. The highest BCUT2D eigenvalue weighted by molar-refractivity contribution is 7.11. The third kappa shape index (κ3) is 7.99. The molecule has 0 aliphatic carbocycles. The number of carbonyl (C=O) groups is 2. The average Bonchev–Trinajstić information content (AvgIpc) is 3.63. The topological polar surface area (TPSA) is 80.3 Å². The Morgan fingerprint density at radius 3 is 2.50 bits per heavy atom. The van der Waals surface area contributed by atoms with E-state index in [4.69, 9.17) is 14.2 Å². The summed E-state index contributed by atoms with van der Waals surface area (Å²) in [7, 11) is 3.22. The molecule has 1 aliphatic rings. The molecule has 0 spiro atoms. The minimum atomic E-state index is -0.301. The number of hydrogen-bond donors (Lipinski definition) is 1. The molecule has 40 heavy (non-hydrogen) atoms. The van der Waals surface area contributed by atoms with Gasteiger partial charge in [0.15, 0.2) is 11.5 Å². The zero-order valence-corrected chi connectivity index (χ0v) is 24.6. The van der Waals surface area contributed by atoms with E-state index in [1.807, 2.05) is 54.3 Å². The van der Waals surface area contributed by atoms with Crippen molar-refractivity contribution < 1.29 is 23.8 Å². The molecule has 1 unspecified atom stereocenters. The van der Waals surface area contributed by atoms with Gasteiger partial charge in [-0.1, -0.05) is 24.3 Å². The van der Waals surface area contributed by atoms with Gasteiger partial charge in [-0.25, -0.2) is 4.79 Å². The van der Waals surface area contributed by atoms with Crippen LogP contribution in [-0.4, -0.2) is 68.3 Å². The molecule has 3 aromatic rings. The number of para-hydroxylation sites is 1. The minimum absolute atomic E-state index is 0.0339. The molecule has 2 aromatic carbocycles. The number of aryl methyl sites for hydroxylation is 2. The van der Waals surface area contributed by atoms with Crippen LogP contribution in [0.1, 0.15) is 33.7 Å². The molecule has 8 nitrogen and oxygen atoms in total. The number of amides is 3. The summed E-state index contributed by atoms with van der Waals surface area (Å²) in [5, 5.41) is 3.00. The molecule has 4 rings (SSSR count). The third-order valence-electron chi connectivity index (χ3n) is 7.06. The van der Waals surface area contributed by atoms with Gasteiger partial charge in [-0.3, -0.25) is 4.79 Å². The summed E-state index contributed by atoms with van der Waals surface area (Å²) in [6.45, 7) is 6.00. The molecule has 2 heterocycles. The van der Waals surface area contributed by atoms with E-state index >= 15 is 0 Å². The van der Waals surface area contributed by atoms with Gasteiger partial charge in [0.25, 0.3) is 0 Å². The van der Waals surface area contributed by atoms with Crippen molar-refractivity contribution in [2.45, 2.75) is 45.8 Å². The summed E-state index contributed by atoms with van der Waals surface area (Å²) in [6, 6.07) is 17.3. The molecule has 0 radical (unpaired) electrons. The van der Waals surface area contributed by atoms with Gasteiger partial charge in [0, 0.05) is 35.1 Å². The second kappa shape index (κ2) is 14.2. The molecular weight excluding hydrogens is 526 g/mol.